The molecule has 6 nitrogen and oxygen atoms in total. The lowest BCUT2D eigenvalue weighted by Crippen LogP contribution is -2.32. The van der Waals surface area contributed by atoms with Crippen molar-refractivity contribution in [3.8, 4) is 5.75 Å². The highest BCUT2D eigenvalue weighted by molar-refractivity contribution is 7.17. The summed E-state index contributed by atoms with van der Waals surface area (Å²) in [5.41, 5.74) is 1.93. The Balaban J connectivity index is 1.55. The number of thiophene rings is 1. The van der Waals surface area contributed by atoms with Crippen molar-refractivity contribution in [1.82, 2.24) is 5.32 Å². The lowest BCUT2D eigenvalue weighted by atomic mass is 9.95. The van der Waals surface area contributed by atoms with Crippen molar-refractivity contribution in [3.05, 3.63) is 43.7 Å². The van der Waals surface area contributed by atoms with E-state index in [-0.39, 0.29) is 28.0 Å². The van der Waals surface area contributed by atoms with Gasteiger partial charge in [0.15, 0.2) is 5.75 Å². The molecule has 2 heterocycles. The number of nitrogens with one attached hydrogen (secondary N) is 2. The van der Waals surface area contributed by atoms with Crippen LogP contribution in [-0.2, 0) is 17.6 Å². The summed E-state index contributed by atoms with van der Waals surface area (Å²) < 4.78 is 11.2. The predicted molar refractivity (Wildman–Crippen MR) is 132 cm³/mol. The third kappa shape index (κ3) is 5.65. The molecule has 178 valence electrons. The normalized spacial score (nSPS) is 17.5. The van der Waals surface area contributed by atoms with Gasteiger partial charge in [0.25, 0.3) is 11.8 Å². The molecule has 1 aliphatic carbocycles. The highest BCUT2D eigenvalue weighted by atomic mass is 35.5. The van der Waals surface area contributed by atoms with Crippen LogP contribution in [0.4, 0.5) is 5.00 Å². The van der Waals surface area contributed by atoms with Gasteiger partial charge in [-0.15, -0.1) is 11.3 Å². The minimum atomic E-state index is -0.368. The van der Waals surface area contributed by atoms with Gasteiger partial charge >= 0.3 is 0 Å². The van der Waals surface area contributed by atoms with E-state index in [0.717, 1.165) is 62.0 Å². The molecule has 4 rings (SSSR count). The van der Waals surface area contributed by atoms with E-state index in [2.05, 4.69) is 10.6 Å². The Morgan fingerprint density at radius 2 is 1.91 bits per heavy atom. The van der Waals surface area contributed by atoms with E-state index in [9.17, 15) is 9.59 Å². The first kappa shape index (κ1) is 24.3. The fraction of sp³-hybridized carbons (Fsp3) is 0.500. The summed E-state index contributed by atoms with van der Waals surface area (Å²) in [7, 11) is 0. The van der Waals surface area contributed by atoms with E-state index in [1.807, 2.05) is 6.92 Å². The second-order valence-corrected chi connectivity index (χ2v) is 10.3. The Morgan fingerprint density at radius 3 is 2.61 bits per heavy atom. The molecule has 0 spiro atoms. The summed E-state index contributed by atoms with van der Waals surface area (Å²) in [5, 5.41) is 7.07. The number of halogens is 2. The molecule has 2 aliphatic rings. The van der Waals surface area contributed by atoms with Gasteiger partial charge in [0.05, 0.1) is 28.3 Å². The van der Waals surface area contributed by atoms with Crippen molar-refractivity contribution in [2.45, 2.75) is 58.0 Å². The molecule has 0 radical (unpaired) electrons. The minimum absolute atomic E-state index is 0.0548. The molecule has 1 aromatic carbocycles. The number of amides is 2. The van der Waals surface area contributed by atoms with Gasteiger partial charge in [0.2, 0.25) is 0 Å². The van der Waals surface area contributed by atoms with Gasteiger partial charge in [-0.2, -0.15) is 0 Å². The van der Waals surface area contributed by atoms with E-state index in [4.69, 9.17) is 32.7 Å². The zero-order valence-electron chi connectivity index (χ0n) is 18.6. The molecule has 2 aromatic rings. The number of anilines is 1. The number of hydrogen-bond donors (Lipinski definition) is 2. The smallest absolute Gasteiger partial charge is 0.256 e. The van der Waals surface area contributed by atoms with Crippen LogP contribution in [-0.4, -0.2) is 37.7 Å². The van der Waals surface area contributed by atoms with Crippen LogP contribution in [0.15, 0.2) is 12.1 Å². The molecule has 0 bridgehead atoms. The fourth-order valence-electron chi connectivity index (χ4n) is 4.20. The minimum Gasteiger partial charge on any atom is -0.490 e. The Bertz CT molecular complexity index is 1010. The van der Waals surface area contributed by atoms with Crippen LogP contribution in [0.5, 0.6) is 5.75 Å². The summed E-state index contributed by atoms with van der Waals surface area (Å²) >= 11 is 14.1. The van der Waals surface area contributed by atoms with E-state index in [1.165, 1.54) is 11.3 Å². The number of carbonyl (C=O) groups excluding carboxylic acids is 2. The second-order valence-electron chi connectivity index (χ2n) is 8.33. The van der Waals surface area contributed by atoms with Crippen LogP contribution < -0.4 is 15.4 Å². The maximum absolute atomic E-state index is 13.2. The first-order valence-electron chi connectivity index (χ1n) is 11.5. The van der Waals surface area contributed by atoms with Gasteiger partial charge < -0.3 is 20.1 Å². The molecule has 0 saturated carbocycles. The molecule has 9 heteroatoms. The van der Waals surface area contributed by atoms with Crippen molar-refractivity contribution in [2.24, 2.45) is 0 Å². The highest BCUT2D eigenvalue weighted by Gasteiger charge is 2.28. The highest BCUT2D eigenvalue weighted by Crippen LogP contribution is 2.39. The Labute approximate surface area is 207 Å². The van der Waals surface area contributed by atoms with Crippen LogP contribution in [0.3, 0.4) is 0 Å². The summed E-state index contributed by atoms with van der Waals surface area (Å²) in [6.07, 6.45) is 6.72. The maximum atomic E-state index is 13.2. The zero-order valence-corrected chi connectivity index (χ0v) is 20.9. The van der Waals surface area contributed by atoms with Gasteiger partial charge in [0, 0.05) is 23.6 Å². The van der Waals surface area contributed by atoms with Gasteiger partial charge in [-0.25, -0.2) is 0 Å². The predicted octanol–water partition coefficient (Wildman–Crippen LogP) is 5.88. The van der Waals surface area contributed by atoms with Crippen LogP contribution in [0, 0.1) is 0 Å². The number of benzene rings is 1. The molecule has 1 aliphatic heterocycles. The summed E-state index contributed by atoms with van der Waals surface area (Å²) in [6, 6.07) is 3.08. The average Bonchev–Trinajstić information content (AvgIpc) is 3.44. The molecule has 1 aromatic heterocycles. The zero-order chi connectivity index (χ0) is 23.4. The Kier molecular flexibility index (Phi) is 8.17. The van der Waals surface area contributed by atoms with Crippen molar-refractivity contribution >= 4 is 51.4 Å². The van der Waals surface area contributed by atoms with Crippen molar-refractivity contribution in [3.63, 3.8) is 0 Å². The molecule has 1 saturated heterocycles. The van der Waals surface area contributed by atoms with E-state index >= 15 is 0 Å². The monoisotopic (exact) mass is 510 g/mol. The SMILES string of the molecule is CCCOc1c(Cl)cc(C(=O)Nc2sc3c(c2C(=O)NCC2CCCO2)CCCC3)cc1Cl. The van der Waals surface area contributed by atoms with Gasteiger partial charge in [-0.05, 0) is 62.6 Å². The van der Waals surface area contributed by atoms with Crippen LogP contribution in [0.1, 0.15) is 70.2 Å². The first-order valence-corrected chi connectivity index (χ1v) is 13.0. The number of carbonyl (C=O) groups is 2. The molecule has 1 unspecified atom stereocenters. The Morgan fingerprint density at radius 1 is 1.15 bits per heavy atom. The third-order valence-corrected chi connectivity index (χ3v) is 7.62. The van der Waals surface area contributed by atoms with Gasteiger partial charge in [0.1, 0.15) is 5.00 Å². The number of hydrogen-bond acceptors (Lipinski definition) is 5. The first-order chi connectivity index (χ1) is 16.0. The maximum Gasteiger partial charge on any atom is 0.256 e. The van der Waals surface area contributed by atoms with Crippen LogP contribution >= 0.6 is 34.5 Å². The summed E-state index contributed by atoms with van der Waals surface area (Å²) in [6.45, 7) is 3.68. The van der Waals surface area contributed by atoms with Crippen molar-refractivity contribution in [2.75, 3.05) is 25.1 Å². The fourth-order valence-corrected chi connectivity index (χ4v) is 6.08. The number of fused-ring (bicyclic) bond motifs is 1. The third-order valence-electron chi connectivity index (χ3n) is 5.85. The molecule has 1 atom stereocenters. The van der Waals surface area contributed by atoms with E-state index in [1.54, 1.807) is 12.1 Å². The molecule has 33 heavy (non-hydrogen) atoms. The molecular weight excluding hydrogens is 483 g/mol. The van der Waals surface area contributed by atoms with Gasteiger partial charge in [-0.3, -0.25) is 9.59 Å². The lowest BCUT2D eigenvalue weighted by Gasteiger charge is -2.15. The summed E-state index contributed by atoms with van der Waals surface area (Å²) in [4.78, 5) is 27.4. The Hall–Kier alpha value is -1.80. The molecule has 2 N–H and O–H groups in total. The van der Waals surface area contributed by atoms with Crippen LogP contribution in [0.25, 0.3) is 0 Å². The van der Waals surface area contributed by atoms with E-state index < -0.39 is 0 Å². The van der Waals surface area contributed by atoms with Gasteiger partial charge in [-0.1, -0.05) is 30.1 Å². The molecule has 1 fully saturated rings. The van der Waals surface area contributed by atoms with Crippen molar-refractivity contribution in [1.29, 1.82) is 0 Å². The number of ether oxygens (including phenoxy) is 2. The van der Waals surface area contributed by atoms with Crippen molar-refractivity contribution < 1.29 is 19.1 Å². The lowest BCUT2D eigenvalue weighted by molar-refractivity contribution is 0.0858. The standard InChI is InChI=1S/C24H28Cl2N2O4S/c1-2-9-32-21-17(25)11-14(12-18(21)26)22(29)28-24-20(16-7-3-4-8-19(16)33-24)23(30)27-13-15-6-5-10-31-15/h11-12,15H,2-10,13H2,1H3,(H,27,30)(H,28,29). The summed E-state index contributed by atoms with van der Waals surface area (Å²) in [5.74, 6) is -0.162. The molecular formula is C24H28Cl2N2O4S. The average molecular weight is 511 g/mol. The topological polar surface area (TPSA) is 76.7 Å². The largest absolute Gasteiger partial charge is 0.490 e. The quantitative estimate of drug-likeness (QED) is 0.464. The second kappa shape index (κ2) is 11.1. The number of rotatable bonds is 8. The van der Waals surface area contributed by atoms with E-state index in [0.29, 0.717) is 35.0 Å². The van der Waals surface area contributed by atoms with Crippen LogP contribution in [0.2, 0.25) is 10.0 Å². The number of aryl methyl sites for hydroxylation is 1. The molecule has 2 amide bonds.